The molecule has 84 valence electrons. The van der Waals surface area contributed by atoms with E-state index in [1.165, 1.54) is 12.8 Å². The molecule has 1 fully saturated rings. The van der Waals surface area contributed by atoms with Crippen molar-refractivity contribution in [3.05, 3.63) is 12.7 Å². The highest BCUT2D eigenvalue weighted by molar-refractivity contribution is 7.99. The Bertz CT molecular complexity index is 506. The first-order valence-electron chi connectivity index (χ1n) is 5.21. The molecule has 0 radical (unpaired) electrons. The number of aromatic nitrogens is 4. The summed E-state index contributed by atoms with van der Waals surface area (Å²) < 4.78 is 0. The van der Waals surface area contributed by atoms with Crippen LogP contribution in [0.5, 0.6) is 0 Å². The molecule has 3 rings (SSSR count). The molecule has 0 saturated heterocycles. The lowest BCUT2D eigenvalue weighted by Crippen LogP contribution is -2.05. The molecule has 0 bridgehead atoms. The van der Waals surface area contributed by atoms with Gasteiger partial charge in [0.1, 0.15) is 16.9 Å². The summed E-state index contributed by atoms with van der Waals surface area (Å²) in [6.45, 7) is 0. The van der Waals surface area contributed by atoms with Crippen LogP contribution in [0.3, 0.4) is 0 Å². The molecule has 0 unspecified atom stereocenters. The smallest absolute Gasteiger partial charge is 0.181 e. The van der Waals surface area contributed by atoms with E-state index in [0.717, 1.165) is 27.7 Å². The Morgan fingerprint density at radius 3 is 3.00 bits per heavy atom. The SMILES string of the molecule is SCC1(CSc2ncnc3nc[nH]c23)CC1. The molecule has 1 N–H and O–H groups in total. The summed E-state index contributed by atoms with van der Waals surface area (Å²) in [5.74, 6) is 2.05. The van der Waals surface area contributed by atoms with Crippen LogP contribution in [-0.4, -0.2) is 31.4 Å². The van der Waals surface area contributed by atoms with Crippen molar-refractivity contribution in [3.8, 4) is 0 Å². The first-order chi connectivity index (χ1) is 7.83. The molecular formula is C10H12N4S2. The Balaban J connectivity index is 1.81. The number of fused-ring (bicyclic) bond motifs is 1. The van der Waals surface area contributed by atoms with Gasteiger partial charge < -0.3 is 4.98 Å². The van der Waals surface area contributed by atoms with Crippen LogP contribution in [0.4, 0.5) is 0 Å². The zero-order chi connectivity index (χ0) is 11.0. The van der Waals surface area contributed by atoms with Crippen molar-refractivity contribution in [1.82, 2.24) is 19.9 Å². The first kappa shape index (κ1) is 10.4. The summed E-state index contributed by atoms with van der Waals surface area (Å²) in [6.07, 6.45) is 5.82. The minimum atomic E-state index is 0.449. The summed E-state index contributed by atoms with van der Waals surface area (Å²) in [5, 5.41) is 0.996. The van der Waals surface area contributed by atoms with Crippen LogP contribution in [0, 0.1) is 5.41 Å². The monoisotopic (exact) mass is 252 g/mol. The molecule has 6 heteroatoms. The molecule has 2 heterocycles. The van der Waals surface area contributed by atoms with Gasteiger partial charge in [-0.3, -0.25) is 0 Å². The zero-order valence-electron chi connectivity index (χ0n) is 8.68. The highest BCUT2D eigenvalue weighted by Crippen LogP contribution is 2.49. The van der Waals surface area contributed by atoms with Crippen molar-refractivity contribution in [3.63, 3.8) is 0 Å². The Hall–Kier alpha value is -0.750. The van der Waals surface area contributed by atoms with Gasteiger partial charge in [-0.25, -0.2) is 15.0 Å². The minimum Gasteiger partial charge on any atom is -0.341 e. The van der Waals surface area contributed by atoms with E-state index in [4.69, 9.17) is 0 Å². The predicted octanol–water partition coefficient (Wildman–Crippen LogP) is 2.16. The van der Waals surface area contributed by atoms with E-state index in [9.17, 15) is 0 Å². The second kappa shape index (κ2) is 3.92. The van der Waals surface area contributed by atoms with Crippen LogP contribution in [0.1, 0.15) is 12.8 Å². The van der Waals surface area contributed by atoms with E-state index in [1.54, 1.807) is 24.4 Å². The van der Waals surface area contributed by atoms with Crippen LogP contribution in [0.25, 0.3) is 11.2 Å². The molecule has 16 heavy (non-hydrogen) atoms. The maximum atomic E-state index is 4.41. The van der Waals surface area contributed by atoms with Gasteiger partial charge in [0.2, 0.25) is 0 Å². The third-order valence-corrected chi connectivity index (χ3v) is 5.01. The average Bonchev–Trinajstić information content (AvgIpc) is 2.94. The van der Waals surface area contributed by atoms with Crippen LogP contribution < -0.4 is 0 Å². The number of hydrogen-bond acceptors (Lipinski definition) is 5. The molecule has 1 saturated carbocycles. The largest absolute Gasteiger partial charge is 0.341 e. The number of nitrogens with one attached hydrogen (secondary N) is 1. The average molecular weight is 252 g/mol. The Morgan fingerprint density at radius 1 is 1.38 bits per heavy atom. The predicted molar refractivity (Wildman–Crippen MR) is 67.9 cm³/mol. The highest BCUT2D eigenvalue weighted by Gasteiger charge is 2.41. The zero-order valence-corrected chi connectivity index (χ0v) is 10.4. The van der Waals surface area contributed by atoms with E-state index < -0.39 is 0 Å². The van der Waals surface area contributed by atoms with Gasteiger partial charge in [0.25, 0.3) is 0 Å². The summed E-state index contributed by atoms with van der Waals surface area (Å²) in [4.78, 5) is 15.6. The van der Waals surface area contributed by atoms with Gasteiger partial charge in [-0.15, -0.1) is 11.8 Å². The van der Waals surface area contributed by atoms with Crippen molar-refractivity contribution < 1.29 is 0 Å². The minimum absolute atomic E-state index is 0.449. The maximum absolute atomic E-state index is 4.41. The fourth-order valence-corrected chi connectivity index (χ4v) is 3.43. The van der Waals surface area contributed by atoms with Crippen LogP contribution >= 0.6 is 24.4 Å². The number of thiol groups is 1. The fourth-order valence-electron chi connectivity index (χ4n) is 1.60. The lowest BCUT2D eigenvalue weighted by atomic mass is 10.2. The van der Waals surface area contributed by atoms with Crippen molar-refractivity contribution >= 4 is 35.6 Å². The maximum Gasteiger partial charge on any atom is 0.181 e. The summed E-state index contributed by atoms with van der Waals surface area (Å²) in [6, 6.07) is 0. The molecule has 0 aliphatic heterocycles. The molecule has 4 nitrogen and oxygen atoms in total. The van der Waals surface area contributed by atoms with Crippen molar-refractivity contribution in [2.24, 2.45) is 5.41 Å². The van der Waals surface area contributed by atoms with Gasteiger partial charge >= 0.3 is 0 Å². The van der Waals surface area contributed by atoms with Gasteiger partial charge in [-0.1, -0.05) is 0 Å². The number of H-pyrrole nitrogens is 1. The number of thioether (sulfide) groups is 1. The molecule has 1 aliphatic carbocycles. The molecule has 1 aliphatic rings. The van der Waals surface area contributed by atoms with E-state index >= 15 is 0 Å². The highest BCUT2D eigenvalue weighted by atomic mass is 32.2. The molecule has 0 atom stereocenters. The van der Waals surface area contributed by atoms with Crippen molar-refractivity contribution in [2.45, 2.75) is 17.9 Å². The van der Waals surface area contributed by atoms with E-state index in [0.29, 0.717) is 5.41 Å². The third-order valence-electron chi connectivity index (χ3n) is 3.00. The van der Waals surface area contributed by atoms with Crippen molar-refractivity contribution in [2.75, 3.05) is 11.5 Å². The third kappa shape index (κ3) is 1.80. The molecule has 2 aromatic rings. The quantitative estimate of drug-likeness (QED) is 0.497. The summed E-state index contributed by atoms with van der Waals surface area (Å²) in [7, 11) is 0. The Kier molecular flexibility index (Phi) is 2.55. The van der Waals surface area contributed by atoms with Gasteiger partial charge in [-0.2, -0.15) is 12.6 Å². The van der Waals surface area contributed by atoms with E-state index in [2.05, 4.69) is 32.6 Å². The van der Waals surface area contributed by atoms with Gasteiger partial charge in [-0.05, 0) is 24.0 Å². The number of nitrogens with zero attached hydrogens (tertiary/aromatic N) is 3. The normalized spacial score (nSPS) is 17.8. The molecule has 0 aromatic carbocycles. The Morgan fingerprint density at radius 2 is 2.25 bits per heavy atom. The second-order valence-electron chi connectivity index (χ2n) is 4.23. The molecule has 0 amide bonds. The van der Waals surface area contributed by atoms with Crippen LogP contribution in [0.15, 0.2) is 17.7 Å². The lowest BCUT2D eigenvalue weighted by molar-refractivity contribution is 0.682. The Labute approximate surface area is 103 Å². The van der Waals surface area contributed by atoms with E-state index in [-0.39, 0.29) is 0 Å². The van der Waals surface area contributed by atoms with Gasteiger partial charge in [0, 0.05) is 5.75 Å². The summed E-state index contributed by atoms with van der Waals surface area (Å²) >= 11 is 6.18. The molecule has 2 aromatic heterocycles. The first-order valence-corrected chi connectivity index (χ1v) is 6.83. The van der Waals surface area contributed by atoms with Gasteiger partial charge in [0.05, 0.1) is 6.33 Å². The second-order valence-corrected chi connectivity index (χ2v) is 5.51. The summed E-state index contributed by atoms with van der Waals surface area (Å²) in [5.41, 5.74) is 2.14. The standard InChI is InChI=1S/C10H12N4S2/c15-3-10(1-2-10)4-16-9-7-8(12-5-11-7)13-6-14-9/h5-6,15H,1-4H2,(H,11,12,13,14). The number of imidazole rings is 1. The van der Waals surface area contributed by atoms with E-state index in [1.807, 2.05) is 0 Å². The topological polar surface area (TPSA) is 54.5 Å². The lowest BCUT2D eigenvalue weighted by Gasteiger charge is -2.10. The van der Waals surface area contributed by atoms with Crippen molar-refractivity contribution in [1.29, 1.82) is 0 Å². The molecular weight excluding hydrogens is 240 g/mol. The van der Waals surface area contributed by atoms with Gasteiger partial charge in [0.15, 0.2) is 5.65 Å². The van der Waals surface area contributed by atoms with Crippen LogP contribution in [0.2, 0.25) is 0 Å². The number of rotatable bonds is 4. The fraction of sp³-hybridized carbons (Fsp3) is 0.500. The van der Waals surface area contributed by atoms with Crippen LogP contribution in [-0.2, 0) is 0 Å². The number of hydrogen-bond donors (Lipinski definition) is 2. The number of aromatic amines is 1. The molecule has 0 spiro atoms.